The fraction of sp³-hybridized carbons (Fsp3) is 0.308. The van der Waals surface area contributed by atoms with Gasteiger partial charge in [-0.2, -0.15) is 0 Å². The van der Waals surface area contributed by atoms with E-state index in [-0.39, 0.29) is 11.9 Å². The number of piperidine rings is 1. The Kier molecular flexibility index (Phi) is 6.40. The summed E-state index contributed by atoms with van der Waals surface area (Å²) < 4.78 is 11.6. The summed E-state index contributed by atoms with van der Waals surface area (Å²) in [5, 5.41) is 0. The summed E-state index contributed by atoms with van der Waals surface area (Å²) in [6, 6.07) is 11.3. The molecule has 1 aliphatic rings. The van der Waals surface area contributed by atoms with Gasteiger partial charge in [-0.1, -0.05) is 18.2 Å². The minimum absolute atomic E-state index is 0.0278. The van der Waals surface area contributed by atoms with Crippen molar-refractivity contribution in [2.45, 2.75) is 38.6 Å². The lowest BCUT2D eigenvalue weighted by molar-refractivity contribution is 0.0570. The first-order chi connectivity index (χ1) is 16.6. The maximum absolute atomic E-state index is 13.6. The summed E-state index contributed by atoms with van der Waals surface area (Å²) in [7, 11) is 1.66. The molecule has 4 aromatic rings. The van der Waals surface area contributed by atoms with E-state index >= 15 is 0 Å². The van der Waals surface area contributed by atoms with Crippen molar-refractivity contribution in [3.63, 3.8) is 0 Å². The lowest BCUT2D eigenvalue weighted by atomic mass is 10.0. The van der Waals surface area contributed by atoms with Gasteiger partial charge in [0, 0.05) is 30.3 Å². The quantitative estimate of drug-likeness (QED) is 0.369. The molecule has 1 saturated heterocycles. The predicted octanol–water partition coefficient (Wildman–Crippen LogP) is 5.47. The third-order valence-corrected chi connectivity index (χ3v) is 7.11. The van der Waals surface area contributed by atoms with Gasteiger partial charge in [-0.3, -0.25) is 9.78 Å². The number of methoxy groups -OCH3 is 1. The van der Waals surface area contributed by atoms with Gasteiger partial charge < -0.3 is 14.1 Å². The molecule has 34 heavy (non-hydrogen) atoms. The van der Waals surface area contributed by atoms with Gasteiger partial charge in [-0.25, -0.2) is 9.97 Å². The van der Waals surface area contributed by atoms with Crippen LogP contribution in [0, 0.1) is 6.92 Å². The molecule has 1 atom stereocenters. The van der Waals surface area contributed by atoms with Gasteiger partial charge >= 0.3 is 0 Å². The van der Waals surface area contributed by atoms with E-state index in [1.807, 2.05) is 42.2 Å². The van der Waals surface area contributed by atoms with E-state index in [0.717, 1.165) is 52.6 Å². The van der Waals surface area contributed by atoms with Crippen molar-refractivity contribution >= 4 is 17.2 Å². The minimum atomic E-state index is -0.186. The van der Waals surface area contributed by atoms with Crippen LogP contribution in [0.25, 0.3) is 10.6 Å². The SMILES string of the molecule is COc1ccccc1Cc1cnc(C2CCCCN2C(=O)c2ccnc(-c3scnc3C)c2)o1. The third-order valence-electron chi connectivity index (χ3n) is 6.16. The molecule has 0 spiro atoms. The summed E-state index contributed by atoms with van der Waals surface area (Å²) in [6.07, 6.45) is 6.85. The molecule has 174 valence electrons. The van der Waals surface area contributed by atoms with E-state index in [9.17, 15) is 4.79 Å². The van der Waals surface area contributed by atoms with Crippen LogP contribution in [0.15, 0.2) is 58.7 Å². The number of para-hydroxylation sites is 1. The topological polar surface area (TPSA) is 81.4 Å². The van der Waals surface area contributed by atoms with Crippen molar-refractivity contribution in [1.29, 1.82) is 0 Å². The molecule has 0 bridgehead atoms. The second-order valence-electron chi connectivity index (χ2n) is 8.36. The van der Waals surface area contributed by atoms with Crippen molar-refractivity contribution in [2.75, 3.05) is 13.7 Å². The first-order valence-electron chi connectivity index (χ1n) is 11.4. The van der Waals surface area contributed by atoms with Gasteiger partial charge in [0.15, 0.2) is 0 Å². The Morgan fingerprint density at radius 1 is 1.21 bits per heavy atom. The molecule has 7 nitrogen and oxygen atoms in total. The molecule has 5 rings (SSSR count). The monoisotopic (exact) mass is 474 g/mol. The van der Waals surface area contributed by atoms with Crippen LogP contribution >= 0.6 is 11.3 Å². The van der Waals surface area contributed by atoms with Crippen LogP contribution in [-0.2, 0) is 6.42 Å². The smallest absolute Gasteiger partial charge is 0.254 e. The van der Waals surface area contributed by atoms with E-state index in [2.05, 4.69) is 15.0 Å². The van der Waals surface area contributed by atoms with Crippen molar-refractivity contribution in [1.82, 2.24) is 19.9 Å². The standard InChI is InChI=1S/C26H26N4O3S/c1-17-24(34-16-29-17)21-14-19(10-11-27-21)26(31)30-12-6-5-8-22(30)25-28-15-20(33-25)13-18-7-3-4-9-23(18)32-2/h3-4,7,9-11,14-16,22H,5-6,8,12-13H2,1-2H3. The number of nitrogens with zero attached hydrogens (tertiary/aromatic N) is 4. The number of carbonyl (C=O) groups excluding carboxylic acids is 1. The zero-order valence-electron chi connectivity index (χ0n) is 19.2. The average Bonchev–Trinajstić information content (AvgIpc) is 3.53. The van der Waals surface area contributed by atoms with Gasteiger partial charge in [0.05, 0.1) is 35.1 Å². The molecule has 1 amide bonds. The molecule has 4 heterocycles. The number of aromatic nitrogens is 3. The average molecular weight is 475 g/mol. The predicted molar refractivity (Wildman–Crippen MR) is 130 cm³/mol. The van der Waals surface area contributed by atoms with E-state index in [0.29, 0.717) is 24.4 Å². The zero-order valence-corrected chi connectivity index (χ0v) is 20.0. The number of hydrogen-bond donors (Lipinski definition) is 0. The lowest BCUT2D eigenvalue weighted by Crippen LogP contribution is -2.38. The molecule has 1 aliphatic heterocycles. The number of ether oxygens (including phenoxy) is 1. The number of aryl methyl sites for hydroxylation is 1. The highest BCUT2D eigenvalue weighted by atomic mass is 32.1. The van der Waals surface area contributed by atoms with Crippen molar-refractivity contribution in [3.8, 4) is 16.3 Å². The number of benzene rings is 1. The van der Waals surface area contributed by atoms with Crippen molar-refractivity contribution in [3.05, 3.63) is 82.8 Å². The van der Waals surface area contributed by atoms with E-state index in [1.54, 1.807) is 31.1 Å². The van der Waals surface area contributed by atoms with Crippen LogP contribution in [0.5, 0.6) is 5.75 Å². The summed E-state index contributed by atoms with van der Waals surface area (Å²) in [4.78, 5) is 29.8. The Morgan fingerprint density at radius 2 is 2.09 bits per heavy atom. The Bertz CT molecular complexity index is 1300. The number of pyridine rings is 1. The molecule has 1 fully saturated rings. The van der Waals surface area contributed by atoms with E-state index < -0.39 is 0 Å². The van der Waals surface area contributed by atoms with Crippen LogP contribution in [-0.4, -0.2) is 39.4 Å². The third kappa shape index (κ3) is 4.46. The summed E-state index contributed by atoms with van der Waals surface area (Å²) in [5.41, 5.74) is 5.14. The molecule has 0 radical (unpaired) electrons. The van der Waals surface area contributed by atoms with Crippen molar-refractivity contribution < 1.29 is 13.9 Å². The number of amides is 1. The Balaban J connectivity index is 1.38. The molecule has 0 N–H and O–H groups in total. The number of thiazole rings is 1. The maximum Gasteiger partial charge on any atom is 0.254 e. The second-order valence-corrected chi connectivity index (χ2v) is 9.21. The molecule has 1 unspecified atom stereocenters. The van der Waals surface area contributed by atoms with Crippen LogP contribution in [0.4, 0.5) is 0 Å². The highest BCUT2D eigenvalue weighted by Gasteiger charge is 2.32. The lowest BCUT2D eigenvalue weighted by Gasteiger charge is -2.33. The highest BCUT2D eigenvalue weighted by Crippen LogP contribution is 2.33. The normalized spacial score (nSPS) is 15.9. The molecule has 0 aliphatic carbocycles. The minimum Gasteiger partial charge on any atom is -0.496 e. The number of oxazole rings is 1. The van der Waals surface area contributed by atoms with Gasteiger partial charge in [0.25, 0.3) is 5.91 Å². The van der Waals surface area contributed by atoms with Crippen LogP contribution in [0.2, 0.25) is 0 Å². The molecule has 1 aromatic carbocycles. The molecular weight excluding hydrogens is 448 g/mol. The highest BCUT2D eigenvalue weighted by molar-refractivity contribution is 7.13. The fourth-order valence-electron chi connectivity index (χ4n) is 4.43. The Labute approximate surface area is 202 Å². The largest absolute Gasteiger partial charge is 0.496 e. The van der Waals surface area contributed by atoms with E-state index in [1.165, 1.54) is 11.3 Å². The molecule has 3 aromatic heterocycles. The molecule has 0 saturated carbocycles. The van der Waals surface area contributed by atoms with Crippen LogP contribution in [0.3, 0.4) is 0 Å². The zero-order chi connectivity index (χ0) is 23.5. The maximum atomic E-state index is 13.6. The van der Waals surface area contributed by atoms with Crippen LogP contribution in [0.1, 0.15) is 58.6 Å². The Hall–Kier alpha value is -3.52. The number of likely N-dealkylation sites (tertiary alicyclic amines) is 1. The van der Waals surface area contributed by atoms with E-state index in [4.69, 9.17) is 9.15 Å². The van der Waals surface area contributed by atoms with Gasteiger partial charge in [-0.05, 0) is 44.4 Å². The Morgan fingerprint density at radius 3 is 2.91 bits per heavy atom. The number of carbonyl (C=O) groups is 1. The fourth-order valence-corrected chi connectivity index (χ4v) is 5.20. The summed E-state index contributed by atoms with van der Waals surface area (Å²) in [6.45, 7) is 2.62. The second kappa shape index (κ2) is 9.77. The molecule has 8 heteroatoms. The van der Waals surface area contributed by atoms with Crippen molar-refractivity contribution in [2.24, 2.45) is 0 Å². The first kappa shape index (κ1) is 22.3. The number of hydrogen-bond acceptors (Lipinski definition) is 7. The van der Waals surface area contributed by atoms with Crippen LogP contribution < -0.4 is 4.74 Å². The summed E-state index contributed by atoms with van der Waals surface area (Å²) >= 11 is 1.53. The molecular formula is C26H26N4O3S. The van der Waals surface area contributed by atoms with Gasteiger partial charge in [0.2, 0.25) is 5.89 Å². The summed E-state index contributed by atoms with van der Waals surface area (Å²) in [5.74, 6) is 2.13. The van der Waals surface area contributed by atoms with Gasteiger partial charge in [0.1, 0.15) is 17.6 Å². The number of rotatable bonds is 6. The van der Waals surface area contributed by atoms with Gasteiger partial charge in [-0.15, -0.1) is 11.3 Å². The first-order valence-corrected chi connectivity index (χ1v) is 12.3.